The first-order valence-corrected chi connectivity index (χ1v) is 11.4. The predicted octanol–water partition coefficient (Wildman–Crippen LogP) is 3.21. The Morgan fingerprint density at radius 2 is 1.55 bits per heavy atom. The summed E-state index contributed by atoms with van der Waals surface area (Å²) in [5.74, 6) is -1.61. The molecule has 184 valence electrons. The van der Waals surface area contributed by atoms with Gasteiger partial charge in [-0.2, -0.15) is 0 Å². The Labute approximate surface area is 198 Å². The van der Waals surface area contributed by atoms with E-state index in [4.69, 9.17) is 5.11 Å². The van der Waals surface area contributed by atoms with Crippen molar-refractivity contribution in [1.29, 1.82) is 0 Å². The van der Waals surface area contributed by atoms with Crippen LogP contribution in [0.15, 0.2) is 42.5 Å². The number of rotatable bonds is 10. The van der Waals surface area contributed by atoms with E-state index in [0.29, 0.717) is 0 Å². The van der Waals surface area contributed by atoms with E-state index in [0.717, 1.165) is 11.6 Å². The van der Waals surface area contributed by atoms with Gasteiger partial charge in [-0.3, -0.25) is 9.59 Å². The summed E-state index contributed by atoms with van der Waals surface area (Å²) < 4.78 is 0. The van der Waals surface area contributed by atoms with Crippen molar-refractivity contribution in [2.75, 3.05) is 14.1 Å². The number of likely N-dealkylation sites (N-methyl/N-ethyl adjacent to an activating group) is 2. The van der Waals surface area contributed by atoms with Gasteiger partial charge >= 0.3 is 5.97 Å². The Bertz CT molecular complexity index is 841. The fourth-order valence-corrected chi connectivity index (χ4v) is 4.06. The van der Waals surface area contributed by atoms with Crippen LogP contribution in [0.25, 0.3) is 0 Å². The van der Waals surface area contributed by atoms with Gasteiger partial charge in [0.1, 0.15) is 6.04 Å². The van der Waals surface area contributed by atoms with Gasteiger partial charge in [0, 0.05) is 18.5 Å². The lowest BCUT2D eigenvalue weighted by Gasteiger charge is -2.39. The SMILES string of the molecule is CNC(C(=O)NC(C(=O)N(C)C(/C=C/C(=O)O)C(C)C)C(C)(C)C)C(C)(C)c1ccccc1. The third-order valence-electron chi connectivity index (χ3n) is 6.10. The number of carbonyl (C=O) groups excluding carboxylic acids is 2. The van der Waals surface area contributed by atoms with Crippen LogP contribution in [0.4, 0.5) is 0 Å². The van der Waals surface area contributed by atoms with E-state index in [-0.39, 0.29) is 17.7 Å². The number of hydrogen-bond donors (Lipinski definition) is 3. The lowest BCUT2D eigenvalue weighted by molar-refractivity contribution is -0.141. The molecule has 1 aromatic rings. The lowest BCUT2D eigenvalue weighted by atomic mass is 9.76. The molecule has 1 rings (SSSR count). The van der Waals surface area contributed by atoms with Crippen molar-refractivity contribution in [2.45, 2.75) is 72.0 Å². The van der Waals surface area contributed by atoms with E-state index < -0.39 is 34.9 Å². The minimum atomic E-state index is -1.07. The molecule has 0 spiro atoms. The summed E-state index contributed by atoms with van der Waals surface area (Å²) >= 11 is 0. The van der Waals surface area contributed by atoms with Gasteiger partial charge in [0.05, 0.1) is 12.1 Å². The summed E-state index contributed by atoms with van der Waals surface area (Å²) in [7, 11) is 3.38. The summed E-state index contributed by atoms with van der Waals surface area (Å²) in [6.45, 7) is 13.5. The van der Waals surface area contributed by atoms with Crippen LogP contribution in [0.2, 0.25) is 0 Å². The molecule has 3 unspecified atom stereocenters. The first-order chi connectivity index (χ1) is 15.1. The van der Waals surface area contributed by atoms with E-state index in [1.807, 2.05) is 78.8 Å². The van der Waals surface area contributed by atoms with Crippen LogP contribution in [-0.2, 0) is 19.8 Å². The number of nitrogens with one attached hydrogen (secondary N) is 2. The molecule has 0 fully saturated rings. The Morgan fingerprint density at radius 1 is 1.00 bits per heavy atom. The van der Waals surface area contributed by atoms with Crippen molar-refractivity contribution >= 4 is 17.8 Å². The van der Waals surface area contributed by atoms with Crippen molar-refractivity contribution < 1.29 is 19.5 Å². The highest BCUT2D eigenvalue weighted by molar-refractivity contribution is 5.91. The monoisotopic (exact) mass is 459 g/mol. The molecule has 0 radical (unpaired) electrons. The van der Waals surface area contributed by atoms with Crippen LogP contribution < -0.4 is 10.6 Å². The molecule has 2 amide bonds. The van der Waals surface area contributed by atoms with E-state index in [1.54, 1.807) is 14.1 Å². The molecule has 0 aliphatic carbocycles. The predicted molar refractivity (Wildman–Crippen MR) is 132 cm³/mol. The lowest BCUT2D eigenvalue weighted by Crippen LogP contribution is -2.61. The molecule has 0 aliphatic rings. The van der Waals surface area contributed by atoms with Gasteiger partial charge in [-0.1, -0.05) is 84.9 Å². The number of carbonyl (C=O) groups is 3. The highest BCUT2D eigenvalue weighted by Gasteiger charge is 2.41. The minimum Gasteiger partial charge on any atom is -0.478 e. The Hall–Kier alpha value is -2.67. The number of aliphatic carboxylic acids is 1. The van der Waals surface area contributed by atoms with Gasteiger partial charge in [0.25, 0.3) is 0 Å². The van der Waals surface area contributed by atoms with Crippen molar-refractivity contribution in [3.8, 4) is 0 Å². The number of benzene rings is 1. The highest BCUT2D eigenvalue weighted by atomic mass is 16.4. The van der Waals surface area contributed by atoms with Crippen LogP contribution in [0.1, 0.15) is 54.0 Å². The zero-order valence-corrected chi connectivity index (χ0v) is 21.5. The van der Waals surface area contributed by atoms with Crippen molar-refractivity contribution in [1.82, 2.24) is 15.5 Å². The molecule has 0 heterocycles. The van der Waals surface area contributed by atoms with E-state index in [9.17, 15) is 14.4 Å². The fraction of sp³-hybridized carbons (Fsp3) is 0.577. The molecule has 0 aromatic heterocycles. The molecule has 1 aromatic carbocycles. The highest BCUT2D eigenvalue weighted by Crippen LogP contribution is 2.29. The largest absolute Gasteiger partial charge is 0.478 e. The standard InChI is InChI=1S/C26H41N3O4/c1-17(2)19(15-16-20(30)31)29(9)24(33)22(25(3,4)5)28-23(32)21(27-8)26(6,7)18-13-11-10-12-14-18/h10-17,19,21-22,27H,1-9H3,(H,28,32)(H,30,31)/b16-15+. The van der Waals surface area contributed by atoms with Gasteiger partial charge in [-0.25, -0.2) is 4.79 Å². The fourth-order valence-electron chi connectivity index (χ4n) is 4.06. The van der Waals surface area contributed by atoms with Gasteiger partial charge in [0.2, 0.25) is 11.8 Å². The Morgan fingerprint density at radius 3 is 1.97 bits per heavy atom. The molecule has 0 bridgehead atoms. The molecular weight excluding hydrogens is 418 g/mol. The molecule has 7 nitrogen and oxygen atoms in total. The van der Waals surface area contributed by atoms with Gasteiger partial charge in [0.15, 0.2) is 0 Å². The maximum Gasteiger partial charge on any atom is 0.328 e. The topological polar surface area (TPSA) is 98.7 Å². The molecule has 7 heteroatoms. The number of amides is 2. The summed E-state index contributed by atoms with van der Waals surface area (Å²) in [6.07, 6.45) is 2.57. The summed E-state index contributed by atoms with van der Waals surface area (Å²) in [6, 6.07) is 7.99. The zero-order chi connectivity index (χ0) is 25.6. The third-order valence-corrected chi connectivity index (χ3v) is 6.10. The minimum absolute atomic E-state index is 0.00654. The number of carboxylic acid groups (broad SMARTS) is 1. The zero-order valence-electron chi connectivity index (χ0n) is 21.5. The molecule has 0 saturated carbocycles. The van der Waals surface area contributed by atoms with E-state index >= 15 is 0 Å². The maximum atomic E-state index is 13.6. The van der Waals surface area contributed by atoms with Gasteiger partial charge < -0.3 is 20.6 Å². The van der Waals surface area contributed by atoms with Crippen molar-refractivity contribution in [3.63, 3.8) is 0 Å². The second kappa shape index (κ2) is 11.5. The third kappa shape index (κ3) is 7.42. The number of hydrogen-bond acceptors (Lipinski definition) is 4. The van der Waals surface area contributed by atoms with Crippen molar-refractivity contribution in [2.24, 2.45) is 11.3 Å². The average molecular weight is 460 g/mol. The molecule has 3 atom stereocenters. The quantitative estimate of drug-likeness (QED) is 0.467. The molecule has 0 saturated heterocycles. The Balaban J connectivity index is 3.24. The van der Waals surface area contributed by atoms with Crippen LogP contribution in [-0.4, -0.2) is 60.0 Å². The summed E-state index contributed by atoms with van der Waals surface area (Å²) in [5.41, 5.74) is -0.0786. The molecule has 33 heavy (non-hydrogen) atoms. The van der Waals surface area contributed by atoms with Crippen LogP contribution >= 0.6 is 0 Å². The van der Waals surface area contributed by atoms with Gasteiger partial charge in [-0.15, -0.1) is 0 Å². The van der Waals surface area contributed by atoms with Crippen LogP contribution in [0.3, 0.4) is 0 Å². The summed E-state index contributed by atoms with van der Waals surface area (Å²) in [4.78, 5) is 39.6. The van der Waals surface area contributed by atoms with E-state index in [1.165, 1.54) is 11.0 Å². The molecular formula is C26H41N3O4. The maximum absolute atomic E-state index is 13.6. The van der Waals surface area contributed by atoms with Gasteiger partial charge in [-0.05, 0) is 23.9 Å². The number of carboxylic acids is 1. The second-order valence-corrected chi connectivity index (χ2v) is 10.5. The molecule has 3 N–H and O–H groups in total. The summed E-state index contributed by atoms with van der Waals surface area (Å²) in [5, 5.41) is 15.1. The second-order valence-electron chi connectivity index (χ2n) is 10.5. The first-order valence-electron chi connectivity index (χ1n) is 11.4. The molecule has 0 aliphatic heterocycles. The smallest absolute Gasteiger partial charge is 0.328 e. The Kier molecular flexibility index (Phi) is 9.85. The first kappa shape index (κ1) is 28.4. The normalized spacial score (nSPS) is 15.2. The van der Waals surface area contributed by atoms with Crippen LogP contribution in [0, 0.1) is 11.3 Å². The van der Waals surface area contributed by atoms with Crippen LogP contribution in [0.5, 0.6) is 0 Å². The average Bonchev–Trinajstić information content (AvgIpc) is 2.71. The number of nitrogens with zero attached hydrogens (tertiary/aromatic N) is 1. The van der Waals surface area contributed by atoms with Crippen molar-refractivity contribution in [3.05, 3.63) is 48.0 Å². The van der Waals surface area contributed by atoms with E-state index in [2.05, 4.69) is 10.6 Å².